The second-order valence-corrected chi connectivity index (χ2v) is 16.5. The van der Waals surface area contributed by atoms with Gasteiger partial charge in [0.15, 0.2) is 5.78 Å². The Morgan fingerprint density at radius 3 is 2.08 bits per heavy atom. The van der Waals surface area contributed by atoms with Crippen molar-refractivity contribution in [3.63, 3.8) is 0 Å². The minimum atomic E-state index is -0.975. The number of amides is 5. The van der Waals surface area contributed by atoms with Gasteiger partial charge in [0.05, 0.1) is 6.04 Å². The highest BCUT2D eigenvalue weighted by molar-refractivity contribution is 6.30. The van der Waals surface area contributed by atoms with Crippen LogP contribution in [-0.2, 0) is 19.2 Å². The van der Waals surface area contributed by atoms with E-state index in [1.54, 1.807) is 9.80 Å². The first-order valence-electron chi connectivity index (χ1n) is 18.3. The van der Waals surface area contributed by atoms with E-state index in [2.05, 4.69) is 34.7 Å². The van der Waals surface area contributed by atoms with E-state index >= 15 is 0 Å². The van der Waals surface area contributed by atoms with Gasteiger partial charge in [0, 0.05) is 43.4 Å². The zero-order valence-corrected chi connectivity index (χ0v) is 32.6. The zero-order valence-electron chi connectivity index (χ0n) is 31.8. The lowest BCUT2D eigenvalue weighted by Gasteiger charge is -2.39. The highest BCUT2D eigenvalue weighted by Gasteiger charge is 2.46. The van der Waals surface area contributed by atoms with Crippen LogP contribution in [0.25, 0.3) is 0 Å². The van der Waals surface area contributed by atoms with E-state index in [0.29, 0.717) is 50.6 Å². The number of nitrogens with zero attached hydrogens (tertiary/aromatic N) is 3. The molecule has 2 saturated heterocycles. The Hall–Kier alpha value is -3.34. The maximum atomic E-state index is 14.4. The Morgan fingerprint density at radius 1 is 0.920 bits per heavy atom. The highest BCUT2D eigenvalue weighted by atomic mass is 35.5. The Balaban J connectivity index is 1.74. The molecule has 12 heteroatoms. The molecule has 6 atom stereocenters. The van der Waals surface area contributed by atoms with E-state index in [4.69, 9.17) is 11.6 Å². The standard InChI is InChI=1S/C38H61ClN6O5/c1-11-25(6)19-30(26(7)46)40-34(47)31-20-27(23(2)3)22-45(31)36(49)33(38(8,9)10)42-37(50)41-32(24(4)5)35(48)44-17-15-43(16-18-44)29-14-12-13-28(39)21-29/h12-14,21,23-25,27,30-33H,11,15-20,22H2,1-10H3,(H,40,47)(H2,41,42,50)/t25?,27-,30?,31?,32?,33?/m1/s1. The van der Waals surface area contributed by atoms with Gasteiger partial charge >= 0.3 is 6.03 Å². The highest BCUT2D eigenvalue weighted by Crippen LogP contribution is 2.32. The van der Waals surface area contributed by atoms with Gasteiger partial charge in [-0.05, 0) is 67.1 Å². The van der Waals surface area contributed by atoms with Crippen molar-refractivity contribution >= 4 is 46.8 Å². The smallest absolute Gasteiger partial charge is 0.316 e. The molecule has 0 saturated carbocycles. The molecule has 50 heavy (non-hydrogen) atoms. The van der Waals surface area contributed by atoms with E-state index in [9.17, 15) is 24.0 Å². The van der Waals surface area contributed by atoms with Crippen molar-refractivity contribution in [3.05, 3.63) is 29.3 Å². The first-order chi connectivity index (χ1) is 23.3. The Labute approximate surface area is 304 Å². The summed E-state index contributed by atoms with van der Waals surface area (Å²) >= 11 is 6.19. The number of anilines is 1. The molecule has 2 aliphatic rings. The number of hydrogen-bond acceptors (Lipinski definition) is 6. The summed E-state index contributed by atoms with van der Waals surface area (Å²) in [4.78, 5) is 73.5. The van der Waals surface area contributed by atoms with E-state index < -0.39 is 35.6 Å². The SMILES string of the molecule is CCC(C)CC(NC(=O)C1C[C@@H](C(C)C)CN1C(=O)C(NC(=O)NC(C(=O)N1CCN(c2cccc(Cl)c2)CC1)C(C)C)C(C)(C)C)C(C)=O. The number of ketones is 1. The lowest BCUT2D eigenvalue weighted by Crippen LogP contribution is -2.62. The second kappa shape index (κ2) is 17.7. The third-order valence-corrected chi connectivity index (χ3v) is 10.6. The molecule has 5 unspecified atom stereocenters. The summed E-state index contributed by atoms with van der Waals surface area (Å²) in [6, 6.07) is 3.86. The monoisotopic (exact) mass is 716 g/mol. The molecule has 0 spiro atoms. The molecule has 11 nitrogen and oxygen atoms in total. The van der Waals surface area contributed by atoms with Crippen LogP contribution in [-0.4, -0.2) is 96.2 Å². The maximum absolute atomic E-state index is 14.4. The van der Waals surface area contributed by atoms with Crippen molar-refractivity contribution in [2.45, 2.75) is 113 Å². The number of benzene rings is 1. The lowest BCUT2D eigenvalue weighted by molar-refractivity contribution is -0.142. The number of hydrogen-bond donors (Lipinski definition) is 3. The molecule has 0 radical (unpaired) electrons. The molecule has 280 valence electrons. The number of urea groups is 1. The van der Waals surface area contributed by atoms with Gasteiger partial charge in [-0.2, -0.15) is 0 Å². The fourth-order valence-electron chi connectivity index (χ4n) is 6.70. The first-order valence-corrected chi connectivity index (χ1v) is 18.7. The number of halogens is 1. The third kappa shape index (κ3) is 10.8. The predicted molar refractivity (Wildman–Crippen MR) is 199 cm³/mol. The molecular weight excluding hydrogens is 656 g/mol. The minimum Gasteiger partial charge on any atom is -0.368 e. The van der Waals surface area contributed by atoms with Gasteiger partial charge < -0.3 is 30.7 Å². The van der Waals surface area contributed by atoms with Crippen molar-refractivity contribution < 1.29 is 24.0 Å². The van der Waals surface area contributed by atoms with Crippen molar-refractivity contribution in [1.82, 2.24) is 25.8 Å². The molecule has 0 aromatic heterocycles. The third-order valence-electron chi connectivity index (χ3n) is 10.4. The molecule has 0 bridgehead atoms. The van der Waals surface area contributed by atoms with Crippen LogP contribution < -0.4 is 20.9 Å². The van der Waals surface area contributed by atoms with Gasteiger partial charge in [0.1, 0.15) is 18.1 Å². The van der Waals surface area contributed by atoms with Crippen molar-refractivity contribution in [1.29, 1.82) is 0 Å². The van der Waals surface area contributed by atoms with Gasteiger partial charge in [0.25, 0.3) is 0 Å². The van der Waals surface area contributed by atoms with E-state index in [-0.39, 0.29) is 47.2 Å². The second-order valence-electron chi connectivity index (χ2n) is 16.1. The normalized spacial score (nSPS) is 20.7. The van der Waals surface area contributed by atoms with Crippen molar-refractivity contribution in [2.75, 3.05) is 37.6 Å². The van der Waals surface area contributed by atoms with Crippen molar-refractivity contribution in [3.8, 4) is 0 Å². The first kappa shape index (κ1) is 41.1. The summed E-state index contributed by atoms with van der Waals surface area (Å²) in [6.45, 7) is 21.7. The topological polar surface area (TPSA) is 131 Å². The molecule has 2 heterocycles. The van der Waals surface area contributed by atoms with Gasteiger partial charge in [-0.1, -0.05) is 86.4 Å². The van der Waals surface area contributed by atoms with Crippen LogP contribution >= 0.6 is 11.6 Å². The van der Waals surface area contributed by atoms with Gasteiger partial charge in [-0.25, -0.2) is 4.79 Å². The Kier molecular flexibility index (Phi) is 14.6. The van der Waals surface area contributed by atoms with Crippen LogP contribution in [0.15, 0.2) is 24.3 Å². The quantitative estimate of drug-likeness (QED) is 0.260. The van der Waals surface area contributed by atoms with Crippen LogP contribution in [0.5, 0.6) is 0 Å². The van der Waals surface area contributed by atoms with Gasteiger partial charge in [-0.15, -0.1) is 0 Å². The predicted octanol–water partition coefficient (Wildman–Crippen LogP) is 5.11. The van der Waals surface area contributed by atoms with E-state index in [1.165, 1.54) is 6.92 Å². The molecule has 1 aromatic rings. The number of nitrogens with one attached hydrogen (secondary N) is 3. The summed E-state index contributed by atoms with van der Waals surface area (Å²) in [5.41, 5.74) is 0.292. The van der Waals surface area contributed by atoms with Gasteiger partial charge in [0.2, 0.25) is 17.7 Å². The molecule has 3 N–H and O–H groups in total. The maximum Gasteiger partial charge on any atom is 0.316 e. The average molecular weight is 717 g/mol. The summed E-state index contributed by atoms with van der Waals surface area (Å²) in [5, 5.41) is 9.37. The Bertz CT molecular complexity index is 1360. The molecule has 3 rings (SSSR count). The molecule has 2 aliphatic heterocycles. The van der Waals surface area contributed by atoms with Gasteiger partial charge in [-0.3, -0.25) is 19.2 Å². The number of carbonyl (C=O) groups excluding carboxylic acids is 5. The molecule has 5 amide bonds. The Morgan fingerprint density at radius 2 is 1.56 bits per heavy atom. The largest absolute Gasteiger partial charge is 0.368 e. The lowest BCUT2D eigenvalue weighted by atomic mass is 9.85. The van der Waals surface area contributed by atoms with Crippen LogP contribution in [0.4, 0.5) is 10.5 Å². The summed E-state index contributed by atoms with van der Waals surface area (Å²) in [6.07, 6.45) is 1.89. The van der Waals surface area contributed by atoms with E-state index in [1.807, 2.05) is 72.7 Å². The summed E-state index contributed by atoms with van der Waals surface area (Å²) in [7, 11) is 0. The van der Waals surface area contributed by atoms with Crippen LogP contribution in [0.2, 0.25) is 5.02 Å². The molecule has 2 fully saturated rings. The number of carbonyl (C=O) groups is 5. The van der Waals surface area contributed by atoms with E-state index in [0.717, 1.165) is 12.1 Å². The fourth-order valence-corrected chi connectivity index (χ4v) is 6.89. The summed E-state index contributed by atoms with van der Waals surface area (Å²) < 4.78 is 0. The molecule has 1 aromatic carbocycles. The van der Waals surface area contributed by atoms with Crippen LogP contribution in [0.3, 0.4) is 0 Å². The zero-order chi connectivity index (χ0) is 37.5. The molecule has 0 aliphatic carbocycles. The minimum absolute atomic E-state index is 0.0803. The number of rotatable bonds is 13. The number of likely N-dealkylation sites (tertiary alicyclic amines) is 1. The fraction of sp³-hybridized carbons (Fsp3) is 0.711. The number of piperazine rings is 1. The molecular formula is C38H61ClN6O5. The van der Waals surface area contributed by atoms with Crippen molar-refractivity contribution in [2.24, 2.45) is 29.1 Å². The van der Waals surface area contributed by atoms with Crippen LogP contribution in [0, 0.1) is 29.1 Å². The van der Waals surface area contributed by atoms with Crippen LogP contribution in [0.1, 0.15) is 88.5 Å². The average Bonchev–Trinajstić information content (AvgIpc) is 3.51. The summed E-state index contributed by atoms with van der Waals surface area (Å²) in [5.74, 6) is -0.637. The number of Topliss-reactive ketones (excluding diaryl/α,β-unsaturated/α-hetero) is 1.